The van der Waals surface area contributed by atoms with Crippen LogP contribution in [-0.4, -0.2) is 76.7 Å². The summed E-state index contributed by atoms with van der Waals surface area (Å²) >= 11 is 8.41. The first-order valence-electron chi connectivity index (χ1n) is 19.2. The zero-order valence-corrected chi connectivity index (χ0v) is 44.5. The van der Waals surface area contributed by atoms with Crippen LogP contribution in [0.4, 0.5) is 52.8 Å². The summed E-state index contributed by atoms with van der Waals surface area (Å²) in [5.74, 6) is -1.72. The van der Waals surface area contributed by atoms with E-state index in [1.807, 2.05) is 0 Å². The topological polar surface area (TPSA) is 271 Å². The van der Waals surface area contributed by atoms with Gasteiger partial charge in [0.2, 0.25) is 17.5 Å². The minimum atomic E-state index is -0.909. The Morgan fingerprint density at radius 3 is 1.48 bits per heavy atom. The van der Waals surface area contributed by atoms with Gasteiger partial charge in [0.05, 0.1) is 42.8 Å². The average molecular weight is 1370 g/mol. The van der Waals surface area contributed by atoms with Crippen LogP contribution in [0.1, 0.15) is 32.4 Å². The number of amides is 2. The SMILES string of the molecule is C.C=CCO.C=CCOc1cc(F)cc(CN(C(=O)OCC)c2cc(Br)nc(N)c2[N+](=O)[O-])c1.C=CCOc1cc(F)cc(CN(C(=O)OCC)c2cc(OCC=C)nc(N)c2[N+](=O)[O-])c1.I[I-]I. The molecule has 0 saturated carbocycles. The van der Waals surface area contributed by atoms with Crippen molar-refractivity contribution in [2.24, 2.45) is 0 Å². The molecule has 0 saturated heterocycles. The second-order valence-electron chi connectivity index (χ2n) is 12.4. The molecule has 4 aromatic rings. The number of benzene rings is 2. The van der Waals surface area contributed by atoms with E-state index in [1.54, 1.807) is 13.8 Å². The van der Waals surface area contributed by atoms with E-state index in [-0.39, 0.29) is 105 Å². The maximum absolute atomic E-state index is 14.1. The van der Waals surface area contributed by atoms with Crippen LogP contribution in [0.2, 0.25) is 0 Å². The summed E-state index contributed by atoms with van der Waals surface area (Å²) in [4.78, 5) is 56.5. The Bertz CT molecular complexity index is 2380. The Hall–Kier alpha value is -5.47. The van der Waals surface area contributed by atoms with Gasteiger partial charge in [-0.05, 0) is 65.2 Å². The van der Waals surface area contributed by atoms with Crippen molar-refractivity contribution in [2.45, 2.75) is 34.4 Å². The number of aliphatic hydroxyl groups excluding tert-OH is 1. The fraction of sp³-hybridized carbons (Fsp3) is 0.256. The summed E-state index contributed by atoms with van der Waals surface area (Å²) in [7, 11) is 0. The molecule has 20 nitrogen and oxygen atoms in total. The van der Waals surface area contributed by atoms with Crippen LogP contribution < -0.4 is 48.7 Å². The number of carbonyl (C=O) groups is 2. The number of pyridine rings is 2. The van der Waals surface area contributed by atoms with Gasteiger partial charge < -0.3 is 40.3 Å². The molecular formula is C43H51BrF2I3N8O12-. The molecule has 0 bridgehead atoms. The van der Waals surface area contributed by atoms with E-state index in [2.05, 4.69) is 89.4 Å². The molecule has 0 aliphatic carbocycles. The third-order valence-corrected chi connectivity index (χ3v) is 8.03. The zero-order chi connectivity index (χ0) is 51.3. The Balaban J connectivity index is 0.00000117. The molecule has 0 unspecified atom stereocenters. The van der Waals surface area contributed by atoms with Crippen LogP contribution in [0.3, 0.4) is 0 Å². The van der Waals surface area contributed by atoms with Crippen molar-refractivity contribution in [3.05, 3.63) is 147 Å². The van der Waals surface area contributed by atoms with Crippen molar-refractivity contribution in [3.8, 4) is 17.4 Å². The Morgan fingerprint density at radius 2 is 1.12 bits per heavy atom. The fourth-order valence-corrected chi connectivity index (χ4v) is 5.61. The number of nitrogens with zero attached hydrogens (tertiary/aromatic N) is 6. The van der Waals surface area contributed by atoms with E-state index in [9.17, 15) is 38.6 Å². The number of anilines is 4. The van der Waals surface area contributed by atoms with Gasteiger partial charge in [-0.25, -0.2) is 23.4 Å². The molecule has 2 amide bonds. The van der Waals surface area contributed by atoms with Crippen LogP contribution in [0.5, 0.6) is 17.4 Å². The second-order valence-corrected chi connectivity index (χ2v) is 29.5. The number of halogens is 6. The zero-order valence-electron chi connectivity index (χ0n) is 36.5. The summed E-state index contributed by atoms with van der Waals surface area (Å²) in [5, 5.41) is 31.0. The molecule has 2 aromatic heterocycles. The number of hydrogen-bond acceptors (Lipinski definition) is 16. The first-order valence-corrected chi connectivity index (χ1v) is 32.6. The van der Waals surface area contributed by atoms with Gasteiger partial charge in [-0.1, -0.05) is 51.5 Å². The third-order valence-electron chi connectivity index (χ3n) is 7.62. The number of aromatic nitrogens is 2. The number of aliphatic hydroxyl groups is 1. The molecule has 0 radical (unpaired) electrons. The van der Waals surface area contributed by atoms with E-state index in [0.717, 1.165) is 15.9 Å². The van der Waals surface area contributed by atoms with Gasteiger partial charge in [0.1, 0.15) is 58.9 Å². The molecule has 4 rings (SSSR count). The molecule has 5 N–H and O–H groups in total. The molecule has 378 valence electrons. The average Bonchev–Trinajstić information content (AvgIpc) is 3.27. The van der Waals surface area contributed by atoms with E-state index in [0.29, 0.717) is 18.8 Å². The first-order chi connectivity index (χ1) is 32.4. The number of ether oxygens (including phenoxy) is 5. The number of rotatable bonds is 20. The minimum absolute atomic E-state index is 0. The Labute approximate surface area is 435 Å². The molecule has 0 fully saturated rings. The molecule has 2 aromatic carbocycles. The quantitative estimate of drug-likeness (QED) is 0.0250. The van der Waals surface area contributed by atoms with Crippen molar-refractivity contribution in [1.29, 1.82) is 0 Å². The van der Waals surface area contributed by atoms with Crippen molar-refractivity contribution in [2.75, 3.05) is 60.9 Å². The van der Waals surface area contributed by atoms with Crippen molar-refractivity contribution >= 4 is 99.7 Å². The number of nitro groups is 2. The van der Waals surface area contributed by atoms with Gasteiger partial charge in [-0.15, -0.1) is 6.58 Å². The molecular weight excluding hydrogens is 1320 g/mol. The molecule has 26 heteroatoms. The molecule has 0 aliphatic heterocycles. The van der Waals surface area contributed by atoms with Crippen molar-refractivity contribution in [1.82, 2.24) is 9.97 Å². The van der Waals surface area contributed by atoms with Gasteiger partial charge in [0.25, 0.3) is 0 Å². The fourth-order valence-electron chi connectivity index (χ4n) is 5.20. The molecule has 2 heterocycles. The molecule has 69 heavy (non-hydrogen) atoms. The summed E-state index contributed by atoms with van der Waals surface area (Å²) in [5.41, 5.74) is 10.5. The van der Waals surface area contributed by atoms with E-state index < -0.39 is 50.9 Å². The number of nitrogens with two attached hydrogens (primary N) is 2. The predicted octanol–water partition coefficient (Wildman–Crippen LogP) is 7.78. The van der Waals surface area contributed by atoms with Gasteiger partial charge in [-0.2, -0.15) is 4.98 Å². The summed E-state index contributed by atoms with van der Waals surface area (Å²) in [6.07, 6.45) is 4.08. The Kier molecular flexibility index (Phi) is 32.0. The summed E-state index contributed by atoms with van der Waals surface area (Å²) in [6, 6.07) is 10.1. The molecule has 0 spiro atoms. The number of carbonyl (C=O) groups excluding carboxylic acids is 2. The number of nitrogen functional groups attached to an aromatic ring is 2. The van der Waals surface area contributed by atoms with Gasteiger partial charge in [-0.3, -0.25) is 30.0 Å². The van der Waals surface area contributed by atoms with E-state index >= 15 is 0 Å². The van der Waals surface area contributed by atoms with E-state index in [4.69, 9.17) is 40.3 Å². The molecule has 0 atom stereocenters. The van der Waals surface area contributed by atoms with E-state index in [1.165, 1.54) is 66.8 Å². The molecule has 0 aliphatic rings. The van der Waals surface area contributed by atoms with Crippen LogP contribution >= 0.6 is 53.2 Å². The van der Waals surface area contributed by atoms with Gasteiger partial charge in [0.15, 0.2) is 0 Å². The summed E-state index contributed by atoms with van der Waals surface area (Å²) in [6.45, 7) is 16.9. The van der Waals surface area contributed by atoms with Crippen molar-refractivity contribution < 1.29 is 70.3 Å². The third kappa shape index (κ3) is 22.2. The van der Waals surface area contributed by atoms with Gasteiger partial charge in [0, 0.05) is 24.3 Å². The normalized spacial score (nSPS) is 9.74. The van der Waals surface area contributed by atoms with Crippen LogP contribution in [0.15, 0.2) is 104 Å². The van der Waals surface area contributed by atoms with Gasteiger partial charge >= 0.3 is 74.0 Å². The van der Waals surface area contributed by atoms with Crippen LogP contribution in [0.25, 0.3) is 0 Å². The standard InChI is InChI=1S/C21H23FN4O6.C18H18BrFN4O5.C3H6O.CH4.I3/c1-4-7-31-16-10-14(9-15(22)11-16)13-25(21(27)30-6-3)17-12-18(32-8-5-2)24-20(23)19(17)26(28)29;1-3-5-29-13-7-11(6-12(20)8-13)10-23(18(25)28-4-2)14-9-15(19)22-17(21)16(14)24(26)27;1-2-3-4;;1-3-2/h4-5,9-12H,1-2,6-8,13H2,3H3,(H2,23,24);3,6-9H,1,4-5,10H2,2H3,(H2,21,22);2,4H,1,3H2;1H4;/q;;;;-1. The van der Waals surface area contributed by atoms with Crippen LogP contribution in [-0.2, 0) is 22.6 Å². The Morgan fingerprint density at radius 1 is 0.739 bits per heavy atom. The van der Waals surface area contributed by atoms with Crippen molar-refractivity contribution in [3.63, 3.8) is 0 Å². The monoisotopic (exact) mass is 1370 g/mol. The van der Waals surface area contributed by atoms with Crippen LogP contribution in [0, 0.1) is 31.9 Å². The maximum atomic E-state index is 14.1. The second kappa shape index (κ2) is 34.8. The first kappa shape index (κ1) is 63.5. The summed E-state index contributed by atoms with van der Waals surface area (Å²) < 4.78 is 54.4. The number of hydrogen-bond donors (Lipinski definition) is 3. The predicted molar refractivity (Wildman–Crippen MR) is 277 cm³/mol.